The Hall–Kier alpha value is -2.34. The minimum atomic E-state index is -0.362. The predicted molar refractivity (Wildman–Crippen MR) is 108 cm³/mol. The first-order valence-electron chi connectivity index (χ1n) is 9.23. The first-order chi connectivity index (χ1) is 12.7. The Balaban J connectivity index is 1.89. The van der Waals surface area contributed by atoms with Gasteiger partial charge in [-0.25, -0.2) is 9.78 Å². The van der Waals surface area contributed by atoms with E-state index in [4.69, 9.17) is 15.5 Å². The molecule has 3 aromatic rings. The van der Waals surface area contributed by atoms with E-state index in [9.17, 15) is 4.79 Å². The third kappa shape index (κ3) is 2.98. The Morgan fingerprint density at radius 2 is 2.08 bits per heavy atom. The van der Waals surface area contributed by atoms with Crippen molar-refractivity contribution in [3.8, 4) is 0 Å². The summed E-state index contributed by atoms with van der Waals surface area (Å²) in [5.41, 5.74) is 7.78. The lowest BCUT2D eigenvalue weighted by Crippen LogP contribution is -2.23. The number of pyridine rings is 1. The summed E-state index contributed by atoms with van der Waals surface area (Å²) in [4.78, 5) is 17.6. The van der Waals surface area contributed by atoms with Gasteiger partial charge in [-0.3, -0.25) is 0 Å². The van der Waals surface area contributed by atoms with Gasteiger partial charge in [-0.05, 0) is 25.8 Å². The number of nitrogens with one attached hydrogen (secondary N) is 1. The van der Waals surface area contributed by atoms with Crippen LogP contribution < -0.4 is 11.1 Å². The summed E-state index contributed by atoms with van der Waals surface area (Å²) in [6, 6.07) is 8.40. The van der Waals surface area contributed by atoms with Crippen LogP contribution in [0.15, 0.2) is 24.3 Å². The molecule has 4 rings (SSSR count). The minimum Gasteiger partial charge on any atom is -0.462 e. The molecule has 0 unspecified atom stereocenters. The molecule has 1 aliphatic rings. The monoisotopic (exact) mass is 369 g/mol. The molecule has 136 valence electrons. The summed E-state index contributed by atoms with van der Waals surface area (Å²) in [5.74, 6) is 0.425. The summed E-state index contributed by atoms with van der Waals surface area (Å²) in [6.07, 6.45) is 6.06. The quantitative estimate of drug-likeness (QED) is 0.636. The summed E-state index contributed by atoms with van der Waals surface area (Å²) >= 11 is 1.40. The number of anilines is 2. The highest BCUT2D eigenvalue weighted by molar-refractivity contribution is 7.22. The first-order valence-corrected chi connectivity index (χ1v) is 10.0. The van der Waals surface area contributed by atoms with Gasteiger partial charge in [0, 0.05) is 11.4 Å². The van der Waals surface area contributed by atoms with Crippen LogP contribution in [0.25, 0.3) is 21.0 Å². The molecule has 1 saturated carbocycles. The smallest absolute Gasteiger partial charge is 0.350 e. The fourth-order valence-electron chi connectivity index (χ4n) is 3.70. The van der Waals surface area contributed by atoms with Crippen LogP contribution in [-0.4, -0.2) is 23.6 Å². The van der Waals surface area contributed by atoms with Crippen molar-refractivity contribution in [2.75, 3.05) is 17.7 Å². The zero-order chi connectivity index (χ0) is 18.1. The van der Waals surface area contributed by atoms with Crippen LogP contribution >= 0.6 is 11.3 Å². The third-order valence-electron chi connectivity index (χ3n) is 4.97. The van der Waals surface area contributed by atoms with E-state index >= 15 is 0 Å². The lowest BCUT2D eigenvalue weighted by Gasteiger charge is -2.24. The SMILES string of the molecule is CCOC(=O)c1sc2c(c(NC3CCCCC3)nc3ccccc32)c1N. The fraction of sp³-hybridized carbons (Fsp3) is 0.400. The molecule has 3 N–H and O–H groups in total. The average Bonchev–Trinajstić information content (AvgIpc) is 3.01. The number of nitrogens with zero attached hydrogens (tertiary/aromatic N) is 1. The molecule has 0 amide bonds. The number of hydrogen-bond donors (Lipinski definition) is 2. The molecule has 6 heteroatoms. The summed E-state index contributed by atoms with van der Waals surface area (Å²) in [6.45, 7) is 2.13. The molecule has 0 radical (unpaired) electrons. The van der Waals surface area contributed by atoms with Gasteiger partial charge in [-0.1, -0.05) is 37.5 Å². The third-order valence-corrected chi connectivity index (χ3v) is 6.19. The molecular formula is C20H23N3O2S. The number of esters is 1. The molecule has 26 heavy (non-hydrogen) atoms. The first kappa shape index (κ1) is 17.1. The minimum absolute atomic E-state index is 0.332. The fourth-order valence-corrected chi connectivity index (χ4v) is 4.85. The number of ether oxygens (including phenoxy) is 1. The van der Waals surface area contributed by atoms with E-state index in [2.05, 4.69) is 5.32 Å². The number of fused-ring (bicyclic) bond motifs is 3. The van der Waals surface area contributed by atoms with E-state index < -0.39 is 0 Å². The summed E-state index contributed by atoms with van der Waals surface area (Å²) < 4.78 is 6.19. The second-order valence-electron chi connectivity index (χ2n) is 6.73. The van der Waals surface area contributed by atoms with E-state index in [1.54, 1.807) is 6.92 Å². The van der Waals surface area contributed by atoms with Gasteiger partial charge in [0.2, 0.25) is 0 Å². The molecule has 0 aliphatic heterocycles. The molecule has 1 aromatic carbocycles. The van der Waals surface area contributed by atoms with Crippen LogP contribution in [0.1, 0.15) is 48.7 Å². The zero-order valence-electron chi connectivity index (χ0n) is 14.9. The Bertz CT molecular complexity index is 960. The van der Waals surface area contributed by atoms with Gasteiger partial charge in [0.05, 0.1) is 27.9 Å². The molecule has 0 atom stereocenters. The number of hydrogen-bond acceptors (Lipinski definition) is 6. The number of carbonyl (C=O) groups is 1. The van der Waals surface area contributed by atoms with Gasteiger partial charge in [0.15, 0.2) is 0 Å². The van der Waals surface area contributed by atoms with Crippen molar-refractivity contribution in [3.05, 3.63) is 29.1 Å². The van der Waals surface area contributed by atoms with Crippen LogP contribution in [0.2, 0.25) is 0 Å². The highest BCUT2D eigenvalue weighted by Gasteiger charge is 2.24. The number of aromatic nitrogens is 1. The lowest BCUT2D eigenvalue weighted by atomic mass is 9.95. The largest absolute Gasteiger partial charge is 0.462 e. The van der Waals surface area contributed by atoms with Crippen molar-refractivity contribution >= 4 is 49.8 Å². The topological polar surface area (TPSA) is 77.2 Å². The van der Waals surface area contributed by atoms with Crippen molar-refractivity contribution in [2.24, 2.45) is 0 Å². The van der Waals surface area contributed by atoms with Crippen molar-refractivity contribution in [3.63, 3.8) is 0 Å². The van der Waals surface area contributed by atoms with Crippen molar-refractivity contribution in [1.29, 1.82) is 0 Å². The number of carbonyl (C=O) groups excluding carboxylic acids is 1. The molecule has 5 nitrogen and oxygen atoms in total. The maximum atomic E-state index is 12.3. The second-order valence-corrected chi connectivity index (χ2v) is 7.75. The molecule has 0 spiro atoms. The molecule has 2 heterocycles. The number of benzene rings is 1. The van der Waals surface area contributed by atoms with Gasteiger partial charge in [0.25, 0.3) is 0 Å². The van der Waals surface area contributed by atoms with Gasteiger partial charge in [-0.2, -0.15) is 0 Å². The van der Waals surface area contributed by atoms with Crippen molar-refractivity contribution in [2.45, 2.75) is 45.1 Å². The Morgan fingerprint density at radius 1 is 1.31 bits per heavy atom. The number of rotatable bonds is 4. The molecule has 1 aliphatic carbocycles. The van der Waals surface area contributed by atoms with Crippen LogP contribution in [0, 0.1) is 0 Å². The van der Waals surface area contributed by atoms with E-state index in [1.807, 2.05) is 24.3 Å². The maximum Gasteiger partial charge on any atom is 0.350 e. The van der Waals surface area contributed by atoms with E-state index in [0.717, 1.165) is 39.6 Å². The molecule has 0 saturated heterocycles. The number of thiophene rings is 1. The standard InChI is InChI=1S/C20H23N3O2S/c1-2-25-20(24)18-16(21)15-17(26-18)13-10-6-7-11-14(13)23-19(15)22-12-8-4-3-5-9-12/h6-7,10-12H,2-5,8-9,21H2,1H3,(H,22,23). The molecule has 0 bridgehead atoms. The molecule has 1 fully saturated rings. The second kappa shape index (κ2) is 7.11. The predicted octanol–water partition coefficient (Wildman–Crippen LogP) is 4.95. The normalized spacial score (nSPS) is 15.4. The number of para-hydroxylation sites is 1. The molecular weight excluding hydrogens is 346 g/mol. The molecule has 2 aromatic heterocycles. The summed E-state index contributed by atoms with van der Waals surface area (Å²) in [5, 5.41) is 5.47. The lowest BCUT2D eigenvalue weighted by molar-refractivity contribution is 0.0533. The highest BCUT2D eigenvalue weighted by Crippen LogP contribution is 2.42. The summed E-state index contributed by atoms with van der Waals surface area (Å²) in [7, 11) is 0. The Kier molecular flexibility index (Phi) is 4.68. The van der Waals surface area contributed by atoms with Gasteiger partial charge >= 0.3 is 5.97 Å². The van der Waals surface area contributed by atoms with E-state index in [1.165, 1.54) is 30.6 Å². The van der Waals surface area contributed by atoms with Crippen LogP contribution in [-0.2, 0) is 4.74 Å². The van der Waals surface area contributed by atoms with Gasteiger partial charge < -0.3 is 15.8 Å². The van der Waals surface area contributed by atoms with E-state index in [-0.39, 0.29) is 5.97 Å². The van der Waals surface area contributed by atoms with Crippen LogP contribution in [0.3, 0.4) is 0 Å². The van der Waals surface area contributed by atoms with Crippen molar-refractivity contribution < 1.29 is 9.53 Å². The van der Waals surface area contributed by atoms with E-state index in [0.29, 0.717) is 23.2 Å². The number of nitrogen functional groups attached to an aromatic ring is 1. The average molecular weight is 369 g/mol. The van der Waals surface area contributed by atoms with Crippen LogP contribution in [0.5, 0.6) is 0 Å². The Morgan fingerprint density at radius 3 is 2.85 bits per heavy atom. The Labute approximate surface area is 156 Å². The van der Waals surface area contributed by atoms with Gasteiger partial charge in [0.1, 0.15) is 10.7 Å². The van der Waals surface area contributed by atoms with Crippen molar-refractivity contribution in [1.82, 2.24) is 4.98 Å². The van der Waals surface area contributed by atoms with Crippen LogP contribution in [0.4, 0.5) is 11.5 Å². The highest BCUT2D eigenvalue weighted by atomic mass is 32.1. The van der Waals surface area contributed by atoms with Gasteiger partial charge in [-0.15, -0.1) is 11.3 Å². The zero-order valence-corrected chi connectivity index (χ0v) is 15.7. The number of nitrogens with two attached hydrogens (primary N) is 1. The maximum absolute atomic E-state index is 12.3.